The van der Waals surface area contributed by atoms with Crippen LogP contribution in [-0.2, 0) is 0 Å². The maximum atomic E-state index is 3.63. The summed E-state index contributed by atoms with van der Waals surface area (Å²) in [5.41, 5.74) is 9.98. The molecule has 0 saturated heterocycles. The van der Waals surface area contributed by atoms with Gasteiger partial charge in [-0.2, -0.15) is 0 Å². The molecule has 33 heavy (non-hydrogen) atoms. The second-order valence-electron chi connectivity index (χ2n) is 9.12. The fourth-order valence-corrected chi connectivity index (χ4v) is 6.25. The summed E-state index contributed by atoms with van der Waals surface area (Å²) < 4.78 is 4.95. The average Bonchev–Trinajstić information content (AvgIpc) is 3.50. The highest BCUT2D eigenvalue weighted by molar-refractivity contribution is 6.24. The Balaban J connectivity index is 1.66. The van der Waals surface area contributed by atoms with Crippen LogP contribution in [-0.4, -0.2) is 13.8 Å². The van der Waals surface area contributed by atoms with Gasteiger partial charge in [-0.25, -0.2) is 0 Å². The Kier molecular flexibility index (Phi) is 2.59. The lowest BCUT2D eigenvalue weighted by atomic mass is 10.1. The minimum Gasteiger partial charge on any atom is -0.354 e. The van der Waals surface area contributed by atoms with Crippen LogP contribution in [0.2, 0.25) is 0 Å². The molecule has 152 valence electrons. The first kappa shape index (κ1) is 16.2. The molecular formula is C30H17N3. The normalized spacial score (nSPS) is 12.8. The summed E-state index contributed by atoms with van der Waals surface area (Å²) in [6.45, 7) is 0. The molecule has 0 bridgehead atoms. The monoisotopic (exact) mass is 419 g/mol. The molecule has 0 aliphatic rings. The number of rotatable bonds is 0. The summed E-state index contributed by atoms with van der Waals surface area (Å²) in [5, 5.41) is 7.75. The Labute approximate surface area is 187 Å². The molecule has 3 nitrogen and oxygen atoms in total. The highest BCUT2D eigenvalue weighted by Crippen LogP contribution is 2.41. The molecule has 0 amide bonds. The van der Waals surface area contributed by atoms with E-state index in [0.717, 1.165) is 0 Å². The van der Waals surface area contributed by atoms with E-state index in [-0.39, 0.29) is 0 Å². The zero-order valence-corrected chi connectivity index (χ0v) is 17.6. The van der Waals surface area contributed by atoms with Crippen LogP contribution in [0.15, 0.2) is 97.1 Å². The Hall–Kier alpha value is -4.50. The number of aromatic amines is 1. The topological polar surface area (TPSA) is 24.6 Å². The van der Waals surface area contributed by atoms with Crippen LogP contribution in [0, 0.1) is 0 Å². The number of nitrogens with zero attached hydrogens (tertiary/aromatic N) is 2. The molecule has 0 unspecified atom stereocenters. The van der Waals surface area contributed by atoms with Crippen LogP contribution in [0.3, 0.4) is 0 Å². The van der Waals surface area contributed by atoms with Crippen molar-refractivity contribution >= 4 is 76.5 Å². The molecule has 0 radical (unpaired) electrons. The highest BCUT2D eigenvalue weighted by Gasteiger charge is 2.21. The molecule has 0 spiro atoms. The van der Waals surface area contributed by atoms with Crippen LogP contribution in [0.4, 0.5) is 0 Å². The number of fused-ring (bicyclic) bond motifs is 11. The van der Waals surface area contributed by atoms with E-state index < -0.39 is 0 Å². The van der Waals surface area contributed by atoms with Crippen molar-refractivity contribution < 1.29 is 0 Å². The van der Waals surface area contributed by atoms with Crippen molar-refractivity contribution in [3.05, 3.63) is 97.1 Å². The number of benzene rings is 5. The quantitative estimate of drug-likeness (QED) is 0.242. The fraction of sp³-hybridized carbons (Fsp3) is 0. The Morgan fingerprint density at radius 2 is 1.00 bits per heavy atom. The van der Waals surface area contributed by atoms with Crippen LogP contribution in [0.5, 0.6) is 0 Å². The summed E-state index contributed by atoms with van der Waals surface area (Å²) in [5.74, 6) is 0. The van der Waals surface area contributed by atoms with Crippen molar-refractivity contribution in [2.24, 2.45) is 0 Å². The van der Waals surface area contributed by atoms with Gasteiger partial charge in [-0.3, -0.25) is 0 Å². The Morgan fingerprint density at radius 3 is 1.82 bits per heavy atom. The third-order valence-electron chi connectivity index (χ3n) is 7.55. The maximum Gasteiger partial charge on any atom is 0.0783 e. The molecular weight excluding hydrogens is 402 g/mol. The number of H-pyrrole nitrogens is 1. The van der Waals surface area contributed by atoms with Gasteiger partial charge >= 0.3 is 0 Å². The molecule has 0 aliphatic heterocycles. The third-order valence-corrected chi connectivity index (χ3v) is 7.55. The molecule has 0 atom stereocenters. The number of hydrogen-bond donors (Lipinski definition) is 1. The van der Waals surface area contributed by atoms with Gasteiger partial charge in [0.05, 0.1) is 33.1 Å². The number of hydrogen-bond acceptors (Lipinski definition) is 0. The molecule has 4 heterocycles. The fourth-order valence-electron chi connectivity index (χ4n) is 6.25. The van der Waals surface area contributed by atoms with Gasteiger partial charge in [-0.1, -0.05) is 60.7 Å². The van der Waals surface area contributed by atoms with Crippen molar-refractivity contribution in [2.75, 3.05) is 0 Å². The van der Waals surface area contributed by atoms with Gasteiger partial charge in [0.2, 0.25) is 0 Å². The van der Waals surface area contributed by atoms with Crippen molar-refractivity contribution in [1.82, 2.24) is 13.8 Å². The van der Waals surface area contributed by atoms with Gasteiger partial charge in [0.25, 0.3) is 0 Å². The van der Waals surface area contributed by atoms with Crippen LogP contribution in [0.1, 0.15) is 0 Å². The van der Waals surface area contributed by atoms with Crippen molar-refractivity contribution in [1.29, 1.82) is 0 Å². The van der Waals surface area contributed by atoms with Gasteiger partial charge in [0.15, 0.2) is 0 Å². The zero-order chi connectivity index (χ0) is 21.3. The summed E-state index contributed by atoms with van der Waals surface area (Å²) in [4.78, 5) is 3.63. The first-order chi connectivity index (χ1) is 16.4. The van der Waals surface area contributed by atoms with Gasteiger partial charge in [0.1, 0.15) is 0 Å². The maximum absolute atomic E-state index is 3.63. The van der Waals surface area contributed by atoms with E-state index in [4.69, 9.17) is 0 Å². The van der Waals surface area contributed by atoms with E-state index in [9.17, 15) is 0 Å². The number of nitrogens with one attached hydrogen (secondary N) is 1. The van der Waals surface area contributed by atoms with E-state index >= 15 is 0 Å². The minimum absolute atomic E-state index is 1.19. The van der Waals surface area contributed by atoms with Crippen LogP contribution in [0.25, 0.3) is 76.5 Å². The summed E-state index contributed by atoms with van der Waals surface area (Å²) in [6, 6.07) is 35.5. The lowest BCUT2D eigenvalue weighted by Gasteiger charge is -2.11. The van der Waals surface area contributed by atoms with Crippen molar-refractivity contribution in [3.63, 3.8) is 0 Å². The molecule has 9 aromatic rings. The lowest BCUT2D eigenvalue weighted by molar-refractivity contribution is 1.26. The predicted octanol–water partition coefficient (Wildman–Crippen LogP) is 7.88. The van der Waals surface area contributed by atoms with Crippen LogP contribution >= 0.6 is 0 Å². The lowest BCUT2D eigenvalue weighted by Crippen LogP contribution is -1.96. The Bertz CT molecular complexity index is 2240. The first-order valence-corrected chi connectivity index (χ1v) is 11.4. The SMILES string of the molecule is c1ccc2c(c1)[nH]c1cc3c4cccc5c4n(c3cc12)c1cccc2c3ccccc3n5c21. The predicted molar refractivity (Wildman–Crippen MR) is 139 cm³/mol. The first-order valence-electron chi connectivity index (χ1n) is 11.4. The third kappa shape index (κ3) is 1.74. The summed E-state index contributed by atoms with van der Waals surface area (Å²) >= 11 is 0. The highest BCUT2D eigenvalue weighted by atomic mass is 15.0. The van der Waals surface area contributed by atoms with E-state index in [1.165, 1.54) is 76.5 Å². The van der Waals surface area contributed by atoms with Gasteiger partial charge in [0, 0.05) is 43.4 Å². The van der Waals surface area contributed by atoms with E-state index in [1.54, 1.807) is 0 Å². The Morgan fingerprint density at radius 1 is 0.394 bits per heavy atom. The van der Waals surface area contributed by atoms with E-state index in [1.807, 2.05) is 0 Å². The number of aromatic nitrogens is 3. The van der Waals surface area contributed by atoms with E-state index in [2.05, 4.69) is 111 Å². The largest absolute Gasteiger partial charge is 0.354 e. The molecule has 4 aromatic heterocycles. The van der Waals surface area contributed by atoms with Gasteiger partial charge < -0.3 is 13.8 Å². The molecule has 9 rings (SSSR count). The second-order valence-corrected chi connectivity index (χ2v) is 9.12. The van der Waals surface area contributed by atoms with Crippen molar-refractivity contribution in [2.45, 2.75) is 0 Å². The molecule has 1 N–H and O–H groups in total. The standard InChI is InChI=1S/C30H17N3/c1-3-11-23-17(7-1)21-16-28-22(15-24(21)31-23)20-10-6-13-26-30(20)33(28)27-14-5-9-19-18-8-2-4-12-25(18)32(26)29(19)27/h1-16,31H. The minimum atomic E-state index is 1.19. The molecule has 0 saturated carbocycles. The zero-order valence-electron chi connectivity index (χ0n) is 17.6. The molecule has 5 aromatic carbocycles. The van der Waals surface area contributed by atoms with Gasteiger partial charge in [-0.05, 0) is 36.4 Å². The molecule has 3 heteroatoms. The average molecular weight is 419 g/mol. The van der Waals surface area contributed by atoms with E-state index in [0.29, 0.717) is 0 Å². The molecule has 0 fully saturated rings. The molecule has 0 aliphatic carbocycles. The van der Waals surface area contributed by atoms with Crippen molar-refractivity contribution in [3.8, 4) is 0 Å². The summed E-state index contributed by atoms with van der Waals surface area (Å²) in [7, 11) is 0. The van der Waals surface area contributed by atoms with Crippen LogP contribution < -0.4 is 0 Å². The number of para-hydroxylation sites is 4. The van der Waals surface area contributed by atoms with Gasteiger partial charge in [-0.15, -0.1) is 0 Å². The second kappa shape index (κ2) is 5.28. The smallest absolute Gasteiger partial charge is 0.0783 e. The summed E-state index contributed by atoms with van der Waals surface area (Å²) in [6.07, 6.45) is 0.